The highest BCUT2D eigenvalue weighted by molar-refractivity contribution is 5.93. The van der Waals surface area contributed by atoms with E-state index in [4.69, 9.17) is 5.73 Å². The monoisotopic (exact) mass is 306 g/mol. The zero-order valence-corrected chi connectivity index (χ0v) is 13.7. The summed E-state index contributed by atoms with van der Waals surface area (Å²) in [6.45, 7) is 8.00. The molecule has 6 heteroatoms. The van der Waals surface area contributed by atoms with Crippen LogP contribution in [0.25, 0.3) is 0 Å². The lowest BCUT2D eigenvalue weighted by Crippen LogP contribution is -2.44. The minimum absolute atomic E-state index is 0.0460. The van der Waals surface area contributed by atoms with E-state index in [1.54, 1.807) is 9.58 Å². The first-order valence-corrected chi connectivity index (χ1v) is 8.07. The highest BCUT2D eigenvalue weighted by Crippen LogP contribution is 2.19. The topological polar surface area (TPSA) is 81.2 Å². The van der Waals surface area contributed by atoms with Gasteiger partial charge in [-0.2, -0.15) is 5.10 Å². The lowest BCUT2D eigenvalue weighted by Gasteiger charge is -2.31. The van der Waals surface area contributed by atoms with Crippen molar-refractivity contribution >= 4 is 11.8 Å². The Kier molecular flexibility index (Phi) is 5.21. The van der Waals surface area contributed by atoms with Crippen LogP contribution in [-0.4, -0.2) is 39.6 Å². The molecule has 0 spiro atoms. The molecule has 1 saturated heterocycles. The van der Waals surface area contributed by atoms with Crippen molar-refractivity contribution in [2.24, 2.45) is 17.6 Å². The zero-order chi connectivity index (χ0) is 16.3. The molecule has 0 unspecified atom stereocenters. The van der Waals surface area contributed by atoms with Crippen LogP contribution in [0, 0.1) is 11.8 Å². The summed E-state index contributed by atoms with van der Waals surface area (Å²) in [4.78, 5) is 25.9. The number of carbonyl (C=O) groups is 2. The minimum atomic E-state index is -0.318. The molecule has 122 valence electrons. The van der Waals surface area contributed by atoms with Crippen LogP contribution < -0.4 is 5.73 Å². The Morgan fingerprint density at radius 2 is 2.18 bits per heavy atom. The molecular formula is C16H26N4O2. The molecule has 0 aliphatic carbocycles. The van der Waals surface area contributed by atoms with Crippen molar-refractivity contribution in [2.45, 2.75) is 46.6 Å². The van der Waals surface area contributed by atoms with Gasteiger partial charge in [-0.3, -0.25) is 14.3 Å². The summed E-state index contributed by atoms with van der Waals surface area (Å²) in [5, 5.41) is 4.52. The maximum atomic E-state index is 12.8. The summed E-state index contributed by atoms with van der Waals surface area (Å²) in [7, 11) is 0. The van der Waals surface area contributed by atoms with Gasteiger partial charge in [0.15, 0.2) is 0 Å². The van der Waals surface area contributed by atoms with Crippen molar-refractivity contribution < 1.29 is 9.59 Å². The molecule has 22 heavy (non-hydrogen) atoms. The number of carbonyl (C=O) groups excluding carboxylic acids is 2. The summed E-state index contributed by atoms with van der Waals surface area (Å²) in [6.07, 6.45) is 2.44. The van der Waals surface area contributed by atoms with Gasteiger partial charge in [0.25, 0.3) is 5.91 Å². The molecular weight excluding hydrogens is 280 g/mol. The Labute approximate surface area is 131 Å². The molecule has 0 saturated carbocycles. The van der Waals surface area contributed by atoms with Crippen molar-refractivity contribution in [2.75, 3.05) is 13.1 Å². The molecule has 2 N–H and O–H groups in total. The van der Waals surface area contributed by atoms with E-state index in [0.717, 1.165) is 25.0 Å². The second-order valence-corrected chi connectivity index (χ2v) is 6.43. The molecule has 2 rings (SSSR count). The fraction of sp³-hybridized carbons (Fsp3) is 0.688. The molecule has 1 aromatic rings. The van der Waals surface area contributed by atoms with Crippen molar-refractivity contribution in [3.63, 3.8) is 0 Å². The van der Waals surface area contributed by atoms with Gasteiger partial charge in [0.05, 0.1) is 11.6 Å². The average molecular weight is 306 g/mol. The number of likely N-dealkylation sites (tertiary alicyclic amines) is 1. The Morgan fingerprint density at radius 1 is 1.45 bits per heavy atom. The molecule has 2 heterocycles. The number of aromatic nitrogens is 2. The maximum absolute atomic E-state index is 12.8. The quantitative estimate of drug-likeness (QED) is 0.893. The summed E-state index contributed by atoms with van der Waals surface area (Å²) in [6, 6.07) is 1.89. The predicted molar refractivity (Wildman–Crippen MR) is 84.3 cm³/mol. The highest BCUT2D eigenvalue weighted by atomic mass is 16.2. The first-order chi connectivity index (χ1) is 10.4. The van der Waals surface area contributed by atoms with Crippen LogP contribution in [0.15, 0.2) is 6.07 Å². The van der Waals surface area contributed by atoms with Crippen molar-refractivity contribution in [1.82, 2.24) is 14.7 Å². The van der Waals surface area contributed by atoms with Gasteiger partial charge in [-0.15, -0.1) is 0 Å². The third-order valence-electron chi connectivity index (χ3n) is 4.08. The number of aryl methyl sites for hydroxylation is 1. The standard InChI is InChI=1S/C16H26N4O2/c1-4-20-14(9-13(18-20)8-11(2)3)16(22)19-7-5-6-12(10-19)15(17)21/h9,11-12H,4-8,10H2,1-3H3,(H2,17,21)/t12-/m1/s1. The van der Waals surface area contributed by atoms with E-state index < -0.39 is 0 Å². The van der Waals surface area contributed by atoms with Gasteiger partial charge in [0.1, 0.15) is 5.69 Å². The number of nitrogens with zero attached hydrogens (tertiary/aromatic N) is 3. The van der Waals surface area contributed by atoms with E-state index in [2.05, 4.69) is 18.9 Å². The number of hydrogen-bond acceptors (Lipinski definition) is 3. The second-order valence-electron chi connectivity index (χ2n) is 6.43. The lowest BCUT2D eigenvalue weighted by molar-refractivity contribution is -0.123. The number of primary amides is 1. The number of hydrogen-bond donors (Lipinski definition) is 1. The molecule has 0 aromatic carbocycles. The number of piperidine rings is 1. The molecule has 6 nitrogen and oxygen atoms in total. The molecule has 2 amide bonds. The van der Waals surface area contributed by atoms with E-state index in [-0.39, 0.29) is 17.7 Å². The molecule has 1 fully saturated rings. The minimum Gasteiger partial charge on any atom is -0.369 e. The van der Waals surface area contributed by atoms with E-state index in [9.17, 15) is 9.59 Å². The van der Waals surface area contributed by atoms with Crippen LogP contribution in [0.2, 0.25) is 0 Å². The van der Waals surface area contributed by atoms with Gasteiger partial charge in [-0.1, -0.05) is 13.8 Å². The van der Waals surface area contributed by atoms with Crippen molar-refractivity contribution in [3.05, 3.63) is 17.5 Å². The number of rotatable bonds is 5. The third-order valence-corrected chi connectivity index (χ3v) is 4.08. The Hall–Kier alpha value is -1.85. The van der Waals surface area contributed by atoms with Crippen LogP contribution in [0.4, 0.5) is 0 Å². The molecule has 0 bridgehead atoms. The van der Waals surface area contributed by atoms with Crippen LogP contribution in [0.3, 0.4) is 0 Å². The van der Waals surface area contributed by atoms with Crippen LogP contribution in [0.5, 0.6) is 0 Å². The summed E-state index contributed by atoms with van der Waals surface area (Å²) >= 11 is 0. The number of nitrogens with two attached hydrogens (primary N) is 1. The first-order valence-electron chi connectivity index (χ1n) is 8.07. The van der Waals surface area contributed by atoms with Gasteiger partial charge in [0, 0.05) is 19.6 Å². The largest absolute Gasteiger partial charge is 0.369 e. The summed E-state index contributed by atoms with van der Waals surface area (Å²) in [5.41, 5.74) is 6.95. The van der Waals surface area contributed by atoms with E-state index in [1.807, 2.05) is 13.0 Å². The molecule has 1 aliphatic rings. The van der Waals surface area contributed by atoms with Crippen LogP contribution >= 0.6 is 0 Å². The van der Waals surface area contributed by atoms with Gasteiger partial charge in [-0.25, -0.2) is 0 Å². The second kappa shape index (κ2) is 6.94. The normalized spacial score (nSPS) is 18.7. The molecule has 1 aliphatic heterocycles. The van der Waals surface area contributed by atoms with Gasteiger partial charge in [-0.05, 0) is 38.2 Å². The smallest absolute Gasteiger partial charge is 0.272 e. The van der Waals surface area contributed by atoms with E-state index in [1.165, 1.54) is 0 Å². The van der Waals surface area contributed by atoms with E-state index >= 15 is 0 Å². The molecule has 1 atom stereocenters. The van der Waals surface area contributed by atoms with Gasteiger partial charge >= 0.3 is 0 Å². The molecule has 1 aromatic heterocycles. The Morgan fingerprint density at radius 3 is 2.77 bits per heavy atom. The fourth-order valence-corrected chi connectivity index (χ4v) is 2.96. The van der Waals surface area contributed by atoms with Gasteiger partial charge in [0.2, 0.25) is 5.91 Å². The Bertz CT molecular complexity index is 550. The predicted octanol–water partition coefficient (Wildman–Crippen LogP) is 1.44. The fourth-order valence-electron chi connectivity index (χ4n) is 2.96. The highest BCUT2D eigenvalue weighted by Gasteiger charge is 2.29. The SMILES string of the molecule is CCn1nc(CC(C)C)cc1C(=O)N1CCC[C@@H](C(N)=O)C1. The van der Waals surface area contributed by atoms with Gasteiger partial charge < -0.3 is 10.6 Å². The zero-order valence-electron chi connectivity index (χ0n) is 13.7. The van der Waals surface area contributed by atoms with Crippen LogP contribution in [-0.2, 0) is 17.8 Å². The van der Waals surface area contributed by atoms with E-state index in [0.29, 0.717) is 31.2 Å². The lowest BCUT2D eigenvalue weighted by atomic mass is 9.97. The maximum Gasteiger partial charge on any atom is 0.272 e. The average Bonchev–Trinajstić information content (AvgIpc) is 2.88. The third kappa shape index (κ3) is 3.67. The van der Waals surface area contributed by atoms with Crippen molar-refractivity contribution in [1.29, 1.82) is 0 Å². The summed E-state index contributed by atoms with van der Waals surface area (Å²) < 4.78 is 1.76. The summed E-state index contributed by atoms with van der Waals surface area (Å²) in [5.74, 6) is -0.0967. The van der Waals surface area contributed by atoms with Crippen molar-refractivity contribution in [3.8, 4) is 0 Å². The Balaban J connectivity index is 2.17. The van der Waals surface area contributed by atoms with Crippen LogP contribution in [0.1, 0.15) is 49.8 Å². The molecule has 0 radical (unpaired) electrons. The first kappa shape index (κ1) is 16.5. The number of amides is 2.